The molecule has 1 aromatic heterocycles. The number of nitrogens with one attached hydrogen (secondary N) is 2. The van der Waals surface area contributed by atoms with E-state index in [0.717, 1.165) is 13.0 Å². The third-order valence-corrected chi connectivity index (χ3v) is 3.56. The minimum Gasteiger partial charge on any atom is -0.369 e. The molecular weight excluding hydrogens is 268 g/mol. The molecule has 1 fully saturated rings. The number of hydrogen-bond donors (Lipinski definition) is 2. The highest BCUT2D eigenvalue weighted by Crippen LogP contribution is 2.18. The van der Waals surface area contributed by atoms with E-state index in [1.54, 1.807) is 23.2 Å². The number of nitrogens with zero attached hydrogens (tertiary/aromatic N) is 2. The number of amides is 2. The topological polar surface area (TPSA) is 74.3 Å². The third kappa shape index (κ3) is 3.32. The summed E-state index contributed by atoms with van der Waals surface area (Å²) in [6, 6.07) is 3.10. The summed E-state index contributed by atoms with van der Waals surface area (Å²) in [6.45, 7) is 5.76. The van der Waals surface area contributed by atoms with Gasteiger partial charge in [0.2, 0.25) is 5.91 Å². The Morgan fingerprint density at radius 3 is 3.05 bits per heavy atom. The summed E-state index contributed by atoms with van der Waals surface area (Å²) in [5.41, 5.74) is 0.527. The molecule has 0 bridgehead atoms. The summed E-state index contributed by atoms with van der Waals surface area (Å²) < 4.78 is 0. The van der Waals surface area contributed by atoms with Crippen molar-refractivity contribution in [3.63, 3.8) is 0 Å². The minimum absolute atomic E-state index is 0.0796. The van der Waals surface area contributed by atoms with Crippen LogP contribution in [-0.4, -0.2) is 47.4 Å². The maximum Gasteiger partial charge on any atom is 0.258 e. The van der Waals surface area contributed by atoms with E-state index in [2.05, 4.69) is 22.5 Å². The van der Waals surface area contributed by atoms with Gasteiger partial charge in [0.25, 0.3) is 5.91 Å². The van der Waals surface area contributed by atoms with Crippen LogP contribution in [0, 0.1) is 0 Å². The van der Waals surface area contributed by atoms with Gasteiger partial charge >= 0.3 is 0 Å². The Bertz CT molecular complexity index is 518. The molecule has 6 nitrogen and oxygen atoms in total. The van der Waals surface area contributed by atoms with Crippen LogP contribution in [0.4, 0.5) is 5.82 Å². The summed E-state index contributed by atoms with van der Waals surface area (Å²) in [5, 5.41) is 5.97. The summed E-state index contributed by atoms with van der Waals surface area (Å²) in [6.07, 6.45) is 3.22. The van der Waals surface area contributed by atoms with Crippen molar-refractivity contribution in [1.29, 1.82) is 0 Å². The number of piperazine rings is 1. The smallest absolute Gasteiger partial charge is 0.258 e. The van der Waals surface area contributed by atoms with Crippen LogP contribution in [0.15, 0.2) is 18.3 Å². The van der Waals surface area contributed by atoms with Crippen LogP contribution in [0.25, 0.3) is 0 Å². The second-order valence-electron chi connectivity index (χ2n) is 5.04. The molecule has 0 aromatic carbocycles. The molecule has 0 saturated carbocycles. The number of carbonyl (C=O) groups excluding carboxylic acids is 2. The molecule has 2 rings (SSSR count). The predicted octanol–water partition coefficient (Wildman–Crippen LogP) is 1.25. The van der Waals surface area contributed by atoms with Crippen molar-refractivity contribution in [3.05, 3.63) is 23.9 Å². The van der Waals surface area contributed by atoms with E-state index in [9.17, 15) is 9.59 Å². The molecule has 0 aliphatic carbocycles. The molecule has 0 spiro atoms. The highest BCUT2D eigenvalue weighted by molar-refractivity contribution is 6.01. The molecule has 0 radical (unpaired) electrons. The van der Waals surface area contributed by atoms with Gasteiger partial charge in [-0.3, -0.25) is 9.59 Å². The summed E-state index contributed by atoms with van der Waals surface area (Å²) in [4.78, 5) is 30.5. The fourth-order valence-electron chi connectivity index (χ4n) is 2.48. The Hall–Kier alpha value is -2.11. The molecular formula is C15H22N4O2. The van der Waals surface area contributed by atoms with E-state index in [1.807, 2.05) is 6.92 Å². The molecule has 1 aliphatic heterocycles. The highest BCUT2D eigenvalue weighted by Gasteiger charge is 2.33. The zero-order valence-electron chi connectivity index (χ0n) is 12.6. The van der Waals surface area contributed by atoms with Gasteiger partial charge in [0, 0.05) is 25.8 Å². The van der Waals surface area contributed by atoms with E-state index in [-0.39, 0.29) is 11.8 Å². The van der Waals surface area contributed by atoms with Gasteiger partial charge in [-0.25, -0.2) is 4.98 Å². The van der Waals surface area contributed by atoms with Crippen LogP contribution in [0.5, 0.6) is 0 Å². The number of anilines is 1. The first-order valence-corrected chi connectivity index (χ1v) is 7.46. The normalized spacial score (nSPS) is 18.3. The quantitative estimate of drug-likeness (QED) is 0.856. The second kappa shape index (κ2) is 7.06. The van der Waals surface area contributed by atoms with E-state index >= 15 is 0 Å². The van der Waals surface area contributed by atoms with Gasteiger partial charge in [0.05, 0.1) is 5.56 Å². The first-order valence-electron chi connectivity index (χ1n) is 7.46. The van der Waals surface area contributed by atoms with Gasteiger partial charge in [-0.05, 0) is 25.0 Å². The summed E-state index contributed by atoms with van der Waals surface area (Å²) in [7, 11) is 0. The fourth-order valence-corrected chi connectivity index (χ4v) is 2.48. The van der Waals surface area contributed by atoms with Gasteiger partial charge in [-0.1, -0.05) is 13.8 Å². The maximum absolute atomic E-state index is 12.8. The lowest BCUT2D eigenvalue weighted by Crippen LogP contribution is -2.57. The van der Waals surface area contributed by atoms with Crippen molar-refractivity contribution in [3.8, 4) is 0 Å². The van der Waals surface area contributed by atoms with Gasteiger partial charge in [0.1, 0.15) is 11.9 Å². The maximum atomic E-state index is 12.8. The second-order valence-corrected chi connectivity index (χ2v) is 5.04. The Morgan fingerprint density at radius 2 is 2.33 bits per heavy atom. The van der Waals surface area contributed by atoms with Gasteiger partial charge < -0.3 is 15.5 Å². The standard InChI is InChI=1S/C15H22N4O2/c1-3-7-16-13-11(6-5-8-17-13)15(21)19-10-9-18-14(20)12(19)4-2/h5-6,8,12H,3-4,7,9-10H2,1-2H3,(H,16,17)(H,18,20). The molecule has 114 valence electrons. The number of aromatic nitrogens is 1. The average Bonchev–Trinajstić information content (AvgIpc) is 2.52. The van der Waals surface area contributed by atoms with Crippen LogP contribution in [0.1, 0.15) is 37.0 Å². The van der Waals surface area contributed by atoms with Crippen molar-refractivity contribution in [2.24, 2.45) is 0 Å². The lowest BCUT2D eigenvalue weighted by atomic mass is 10.1. The fraction of sp³-hybridized carbons (Fsp3) is 0.533. The third-order valence-electron chi connectivity index (χ3n) is 3.56. The molecule has 2 heterocycles. The molecule has 1 unspecified atom stereocenters. The number of carbonyl (C=O) groups is 2. The Morgan fingerprint density at radius 1 is 1.52 bits per heavy atom. The van der Waals surface area contributed by atoms with Crippen molar-refractivity contribution >= 4 is 17.6 Å². The molecule has 1 saturated heterocycles. The van der Waals surface area contributed by atoms with Gasteiger partial charge in [0.15, 0.2) is 0 Å². The van der Waals surface area contributed by atoms with Crippen molar-refractivity contribution in [2.45, 2.75) is 32.7 Å². The zero-order chi connectivity index (χ0) is 15.2. The molecule has 6 heteroatoms. The zero-order valence-corrected chi connectivity index (χ0v) is 12.6. The van der Waals surface area contributed by atoms with Crippen LogP contribution < -0.4 is 10.6 Å². The van der Waals surface area contributed by atoms with Crippen molar-refractivity contribution < 1.29 is 9.59 Å². The molecule has 21 heavy (non-hydrogen) atoms. The van der Waals surface area contributed by atoms with Crippen LogP contribution in [0.2, 0.25) is 0 Å². The average molecular weight is 290 g/mol. The van der Waals surface area contributed by atoms with Gasteiger partial charge in [-0.15, -0.1) is 0 Å². The lowest BCUT2D eigenvalue weighted by Gasteiger charge is -2.34. The molecule has 1 atom stereocenters. The first kappa shape index (κ1) is 15.3. The predicted molar refractivity (Wildman–Crippen MR) is 81.1 cm³/mol. The Kier molecular flexibility index (Phi) is 5.14. The largest absolute Gasteiger partial charge is 0.369 e. The van der Waals surface area contributed by atoms with E-state index in [1.165, 1.54) is 0 Å². The lowest BCUT2D eigenvalue weighted by molar-refractivity contribution is -0.127. The molecule has 2 amide bonds. The number of rotatable bonds is 5. The van der Waals surface area contributed by atoms with E-state index in [0.29, 0.717) is 30.9 Å². The number of pyridine rings is 1. The highest BCUT2D eigenvalue weighted by atomic mass is 16.2. The summed E-state index contributed by atoms with van der Waals surface area (Å²) in [5.74, 6) is 0.373. The Balaban J connectivity index is 2.24. The SMILES string of the molecule is CCCNc1ncccc1C(=O)N1CCNC(=O)C1CC. The molecule has 2 N–H and O–H groups in total. The van der Waals surface area contributed by atoms with Crippen LogP contribution >= 0.6 is 0 Å². The Labute approximate surface area is 124 Å². The van der Waals surface area contributed by atoms with E-state index in [4.69, 9.17) is 0 Å². The molecule has 1 aromatic rings. The van der Waals surface area contributed by atoms with Crippen LogP contribution in [-0.2, 0) is 4.79 Å². The molecule has 1 aliphatic rings. The number of hydrogen-bond acceptors (Lipinski definition) is 4. The summed E-state index contributed by atoms with van der Waals surface area (Å²) >= 11 is 0. The van der Waals surface area contributed by atoms with Crippen molar-refractivity contribution in [2.75, 3.05) is 25.0 Å². The van der Waals surface area contributed by atoms with Gasteiger partial charge in [-0.2, -0.15) is 0 Å². The van der Waals surface area contributed by atoms with Crippen molar-refractivity contribution in [1.82, 2.24) is 15.2 Å². The minimum atomic E-state index is -0.398. The van der Waals surface area contributed by atoms with Crippen LogP contribution in [0.3, 0.4) is 0 Å². The first-order chi connectivity index (χ1) is 10.2. The van der Waals surface area contributed by atoms with E-state index < -0.39 is 6.04 Å². The monoisotopic (exact) mass is 290 g/mol.